The van der Waals surface area contributed by atoms with E-state index in [1.165, 1.54) is 17.7 Å². The predicted molar refractivity (Wildman–Crippen MR) is 175 cm³/mol. The Labute approximate surface area is 278 Å². The number of benzene rings is 1. The van der Waals surface area contributed by atoms with Crippen LogP contribution in [0.1, 0.15) is 53.4 Å². The van der Waals surface area contributed by atoms with Gasteiger partial charge in [-0.1, -0.05) is 6.07 Å². The highest BCUT2D eigenvalue weighted by Crippen LogP contribution is 2.60. The minimum absolute atomic E-state index is 0.0234. The van der Waals surface area contributed by atoms with Crippen molar-refractivity contribution in [3.8, 4) is 11.1 Å². The van der Waals surface area contributed by atoms with Crippen molar-refractivity contribution >= 4 is 50.2 Å². The molecule has 4 aromatic rings. The number of rotatable bonds is 10. The first-order valence-electron chi connectivity index (χ1n) is 15.3. The number of halogens is 3. The van der Waals surface area contributed by atoms with E-state index >= 15 is 4.39 Å². The van der Waals surface area contributed by atoms with Crippen LogP contribution in [0, 0.1) is 19.3 Å². The van der Waals surface area contributed by atoms with E-state index in [2.05, 4.69) is 41.3 Å². The highest BCUT2D eigenvalue weighted by molar-refractivity contribution is 9.10. The minimum Gasteiger partial charge on any atom is -0.325 e. The predicted octanol–water partition coefficient (Wildman–Crippen LogP) is 5.01. The van der Waals surface area contributed by atoms with Crippen molar-refractivity contribution in [2.45, 2.75) is 58.4 Å². The lowest BCUT2D eigenvalue weighted by atomic mass is 9.98. The Morgan fingerprint density at radius 3 is 2.51 bits per heavy atom. The zero-order valence-corrected chi connectivity index (χ0v) is 28.3. The van der Waals surface area contributed by atoms with Crippen molar-refractivity contribution in [3.63, 3.8) is 0 Å². The van der Waals surface area contributed by atoms with E-state index in [0.29, 0.717) is 40.3 Å². The average molecular weight is 710 g/mol. The number of anilines is 1. The summed E-state index contributed by atoms with van der Waals surface area (Å²) >= 11 is 3.35. The van der Waals surface area contributed by atoms with Gasteiger partial charge in [0.05, 0.1) is 5.52 Å². The normalized spacial score (nSPS) is 20.8. The molecule has 1 aromatic carbocycles. The molecule has 2 fully saturated rings. The average Bonchev–Trinajstić information content (AvgIpc) is 3.41. The van der Waals surface area contributed by atoms with Gasteiger partial charge in [-0.3, -0.25) is 19.1 Å². The van der Waals surface area contributed by atoms with E-state index in [4.69, 9.17) is 0 Å². The summed E-state index contributed by atoms with van der Waals surface area (Å²) < 4.78 is 31.1. The molecule has 1 aliphatic heterocycles. The number of Topliss-reactive ketones (excluding diaryl/α,β-unsaturated/α-hetero) is 1. The molecule has 11 nitrogen and oxygen atoms in total. The van der Waals surface area contributed by atoms with Crippen molar-refractivity contribution in [2.75, 3.05) is 32.6 Å². The number of fused-ring (bicyclic) bond motifs is 2. The maximum atomic E-state index is 15.4. The number of aromatic nitrogens is 5. The molecular weight excluding hydrogens is 674 g/mol. The van der Waals surface area contributed by atoms with Gasteiger partial charge in [0.2, 0.25) is 11.8 Å². The number of alkyl halides is 2. The molecular formula is C33H35BrF2N8O3. The van der Waals surface area contributed by atoms with Crippen LogP contribution >= 0.6 is 15.9 Å². The molecule has 47 heavy (non-hydrogen) atoms. The molecule has 3 aromatic heterocycles. The second kappa shape index (κ2) is 12.5. The lowest BCUT2D eigenvalue weighted by Gasteiger charge is -2.27. The number of nitrogens with zero attached hydrogens (tertiary/aromatic N) is 7. The zero-order valence-electron chi connectivity index (χ0n) is 26.7. The molecule has 1 unspecified atom stereocenters. The van der Waals surface area contributed by atoms with E-state index in [1.807, 2.05) is 32.0 Å². The number of likely N-dealkylation sites (tertiary alicyclic amines) is 1. The number of aryl methyl sites for hydroxylation is 2. The van der Waals surface area contributed by atoms with Crippen LogP contribution < -0.4 is 5.32 Å². The molecule has 2 aliphatic rings. The van der Waals surface area contributed by atoms with E-state index in [0.717, 1.165) is 12.0 Å². The van der Waals surface area contributed by atoms with Gasteiger partial charge in [0.15, 0.2) is 12.0 Å². The van der Waals surface area contributed by atoms with Gasteiger partial charge < -0.3 is 15.1 Å². The minimum atomic E-state index is -2.04. The van der Waals surface area contributed by atoms with Crippen molar-refractivity contribution in [1.29, 1.82) is 0 Å². The molecule has 0 bridgehead atoms. The van der Waals surface area contributed by atoms with Crippen molar-refractivity contribution in [1.82, 2.24) is 34.5 Å². The van der Waals surface area contributed by atoms with Crippen LogP contribution in [0.25, 0.3) is 22.0 Å². The number of carbonyl (C=O) groups is 3. The second-order valence-electron chi connectivity index (χ2n) is 12.8. The number of pyridine rings is 1. The van der Waals surface area contributed by atoms with Crippen LogP contribution in [0.5, 0.6) is 0 Å². The Kier molecular flexibility index (Phi) is 8.68. The summed E-state index contributed by atoms with van der Waals surface area (Å²) in [5.41, 5.74) is 1.67. The largest absolute Gasteiger partial charge is 0.325 e. The Balaban J connectivity index is 1.39. The molecule has 1 saturated carbocycles. The standard InChI is InChI=1S/C33H35BrF2N8O3/c1-17-6-7-27(34)39-31(17)40-32(47)25-10-33(16-42(4)5)11-26(33)44(25)28(46)15-43-30-22(24(36)12-35)8-20(21-13-37-19(3)38-14-21)9-23(30)29(41-43)18(2)45/h6-9,13-14,24-26H,10-12,15-16H2,1-5H3,(H,39,40,47)/t24?,25-,26+,33-/m0/s1. The number of piperidine rings is 1. The first-order valence-corrected chi connectivity index (χ1v) is 16.1. The van der Waals surface area contributed by atoms with Gasteiger partial charge in [0.25, 0.3) is 0 Å². The number of carbonyl (C=O) groups excluding carboxylic acids is 3. The third kappa shape index (κ3) is 6.16. The number of hydrogen-bond donors (Lipinski definition) is 1. The van der Waals surface area contributed by atoms with E-state index in [9.17, 15) is 18.8 Å². The summed E-state index contributed by atoms with van der Waals surface area (Å²) in [6.07, 6.45) is 2.28. The molecule has 0 spiro atoms. The topological polar surface area (TPSA) is 126 Å². The first kappa shape index (κ1) is 32.8. The van der Waals surface area contributed by atoms with Crippen molar-refractivity contribution in [3.05, 3.63) is 63.9 Å². The third-order valence-electron chi connectivity index (χ3n) is 9.02. The van der Waals surface area contributed by atoms with Crippen LogP contribution in [0.15, 0.2) is 41.3 Å². The quantitative estimate of drug-likeness (QED) is 0.180. The van der Waals surface area contributed by atoms with Crippen LogP contribution in [0.2, 0.25) is 0 Å². The molecule has 1 N–H and O–H groups in total. The lowest BCUT2D eigenvalue weighted by molar-refractivity contribution is -0.138. The third-order valence-corrected chi connectivity index (χ3v) is 9.47. The molecule has 4 atom stereocenters. The molecule has 2 amide bonds. The second-order valence-corrected chi connectivity index (χ2v) is 13.6. The number of hydrogen-bond acceptors (Lipinski definition) is 8. The van der Waals surface area contributed by atoms with Crippen LogP contribution in [-0.2, 0) is 16.1 Å². The maximum absolute atomic E-state index is 15.4. The Morgan fingerprint density at radius 1 is 1.13 bits per heavy atom. The van der Waals surface area contributed by atoms with Crippen LogP contribution in [-0.4, -0.2) is 91.5 Å². The SMILES string of the molecule is CC(=O)c1nn(CC(=O)N2[C@H](C(=O)Nc3nc(Br)ccc3C)C[C@@]3(CN(C)C)C[C@@H]23)c2c(C(F)CF)cc(-c3cnc(C)nc3)cc12. The Hall–Kier alpha value is -4.17. The van der Waals surface area contributed by atoms with Gasteiger partial charge in [-0.25, -0.2) is 23.7 Å². The van der Waals surface area contributed by atoms with Crippen LogP contribution in [0.4, 0.5) is 14.6 Å². The summed E-state index contributed by atoms with van der Waals surface area (Å²) in [5.74, 6) is -0.242. The van der Waals surface area contributed by atoms with Gasteiger partial charge in [-0.05, 0) is 86.0 Å². The number of amides is 2. The van der Waals surface area contributed by atoms with E-state index < -0.39 is 30.6 Å². The van der Waals surface area contributed by atoms with Gasteiger partial charge >= 0.3 is 0 Å². The zero-order chi connectivity index (χ0) is 33.8. The van der Waals surface area contributed by atoms with Gasteiger partial charge in [0, 0.05) is 53.8 Å². The fourth-order valence-corrected chi connectivity index (χ4v) is 7.18. The highest BCUT2D eigenvalue weighted by Gasteiger charge is 2.67. The smallest absolute Gasteiger partial charge is 0.248 e. The monoisotopic (exact) mass is 708 g/mol. The Bertz CT molecular complexity index is 1900. The lowest BCUT2D eigenvalue weighted by Crippen LogP contribution is -2.47. The Morgan fingerprint density at radius 2 is 1.85 bits per heavy atom. The van der Waals surface area contributed by atoms with Gasteiger partial charge in [0.1, 0.15) is 41.2 Å². The number of nitrogens with one attached hydrogen (secondary N) is 1. The summed E-state index contributed by atoms with van der Waals surface area (Å²) in [7, 11) is 3.91. The summed E-state index contributed by atoms with van der Waals surface area (Å²) in [5, 5.41) is 7.65. The fraction of sp³-hybridized carbons (Fsp3) is 0.424. The molecule has 1 aliphatic carbocycles. The van der Waals surface area contributed by atoms with Crippen LogP contribution in [0.3, 0.4) is 0 Å². The highest BCUT2D eigenvalue weighted by atomic mass is 79.9. The molecule has 4 heterocycles. The van der Waals surface area contributed by atoms with Crippen molar-refractivity contribution in [2.24, 2.45) is 5.41 Å². The fourth-order valence-electron chi connectivity index (χ4n) is 6.87. The number of ketones is 1. The first-order chi connectivity index (χ1) is 22.3. The molecule has 6 rings (SSSR count). The van der Waals surface area contributed by atoms with Crippen molar-refractivity contribution < 1.29 is 23.2 Å². The summed E-state index contributed by atoms with van der Waals surface area (Å²) in [4.78, 5) is 57.3. The molecule has 14 heteroatoms. The van der Waals surface area contributed by atoms with E-state index in [1.54, 1.807) is 36.4 Å². The summed E-state index contributed by atoms with van der Waals surface area (Å²) in [6, 6.07) is 5.77. The summed E-state index contributed by atoms with van der Waals surface area (Å²) in [6.45, 7) is 3.88. The van der Waals surface area contributed by atoms with Gasteiger partial charge in [-0.2, -0.15) is 5.10 Å². The molecule has 1 saturated heterocycles. The van der Waals surface area contributed by atoms with E-state index in [-0.39, 0.29) is 46.1 Å². The molecule has 246 valence electrons. The molecule has 0 radical (unpaired) electrons. The van der Waals surface area contributed by atoms with Gasteiger partial charge in [-0.15, -0.1) is 0 Å². The maximum Gasteiger partial charge on any atom is 0.248 e.